The van der Waals surface area contributed by atoms with Crippen LogP contribution in [0.25, 0.3) is 11.0 Å². The monoisotopic (exact) mass is 228 g/mol. The van der Waals surface area contributed by atoms with Gasteiger partial charge in [0.05, 0.1) is 17.2 Å². The van der Waals surface area contributed by atoms with E-state index >= 15 is 0 Å². The Bertz CT molecular complexity index is 533. The fraction of sp³-hybridized carbons (Fsp3) is 0.100. The molecule has 16 heavy (non-hydrogen) atoms. The molecule has 0 aliphatic carbocycles. The van der Waals surface area contributed by atoms with Gasteiger partial charge in [-0.1, -0.05) is 0 Å². The lowest BCUT2D eigenvalue weighted by atomic mass is 10.1. The van der Waals surface area contributed by atoms with Crippen LogP contribution in [0.5, 0.6) is 5.75 Å². The summed E-state index contributed by atoms with van der Waals surface area (Å²) in [4.78, 5) is 10.7. The summed E-state index contributed by atoms with van der Waals surface area (Å²) >= 11 is 0. The van der Waals surface area contributed by atoms with Crippen LogP contribution in [0.4, 0.5) is 8.78 Å². The van der Waals surface area contributed by atoms with Gasteiger partial charge in [-0.2, -0.15) is 8.78 Å². The number of hydrogen-bond donors (Lipinski definition) is 1. The van der Waals surface area contributed by atoms with E-state index in [1.54, 1.807) is 0 Å². The molecule has 0 atom stereocenters. The van der Waals surface area contributed by atoms with Crippen molar-refractivity contribution in [1.82, 2.24) is 0 Å². The first-order valence-electron chi connectivity index (χ1n) is 4.27. The molecule has 0 bridgehead atoms. The molecule has 1 aromatic heterocycles. The van der Waals surface area contributed by atoms with Crippen LogP contribution in [0, 0.1) is 0 Å². The molecule has 4 nitrogen and oxygen atoms in total. The number of rotatable bonds is 3. The van der Waals surface area contributed by atoms with Gasteiger partial charge < -0.3 is 14.3 Å². The van der Waals surface area contributed by atoms with Gasteiger partial charge in [0.25, 0.3) is 0 Å². The van der Waals surface area contributed by atoms with Crippen LogP contribution < -0.4 is 4.74 Å². The second-order valence-electron chi connectivity index (χ2n) is 2.99. The largest absolute Gasteiger partial charge is 0.478 e. The molecule has 1 aromatic carbocycles. The number of benzene rings is 1. The van der Waals surface area contributed by atoms with Gasteiger partial charge in [-0.3, -0.25) is 0 Å². The number of fused-ring (bicyclic) bond motifs is 1. The summed E-state index contributed by atoms with van der Waals surface area (Å²) in [5.41, 5.74) is 0.0219. The minimum Gasteiger partial charge on any atom is -0.478 e. The van der Waals surface area contributed by atoms with Gasteiger partial charge in [0, 0.05) is 0 Å². The molecular weight excluding hydrogens is 222 g/mol. The van der Waals surface area contributed by atoms with E-state index in [4.69, 9.17) is 9.52 Å². The maximum Gasteiger partial charge on any atom is 0.387 e. The van der Waals surface area contributed by atoms with Crippen LogP contribution in [-0.4, -0.2) is 17.7 Å². The summed E-state index contributed by atoms with van der Waals surface area (Å²) in [7, 11) is 0. The molecule has 0 fully saturated rings. The van der Waals surface area contributed by atoms with E-state index in [0.717, 1.165) is 6.07 Å². The lowest BCUT2D eigenvalue weighted by molar-refractivity contribution is -0.0488. The topological polar surface area (TPSA) is 59.7 Å². The lowest BCUT2D eigenvalue weighted by Crippen LogP contribution is -2.04. The molecule has 1 heterocycles. The Balaban J connectivity index is 2.59. The summed E-state index contributed by atoms with van der Waals surface area (Å²) in [6.07, 6.45) is 1.27. The first kappa shape index (κ1) is 10.4. The van der Waals surface area contributed by atoms with Crippen LogP contribution in [-0.2, 0) is 0 Å². The number of halogens is 2. The van der Waals surface area contributed by atoms with E-state index in [-0.39, 0.29) is 16.9 Å². The van der Waals surface area contributed by atoms with Crippen molar-refractivity contribution >= 4 is 16.9 Å². The van der Waals surface area contributed by atoms with Gasteiger partial charge in [0.2, 0.25) is 0 Å². The highest BCUT2D eigenvalue weighted by Gasteiger charge is 2.14. The third-order valence-corrected chi connectivity index (χ3v) is 2.00. The molecule has 0 radical (unpaired) electrons. The number of carbonyl (C=O) groups is 1. The molecule has 0 spiro atoms. The second-order valence-corrected chi connectivity index (χ2v) is 2.99. The van der Waals surface area contributed by atoms with Crippen LogP contribution >= 0.6 is 0 Å². The van der Waals surface area contributed by atoms with Gasteiger partial charge in [-0.15, -0.1) is 0 Å². The number of alkyl halides is 2. The van der Waals surface area contributed by atoms with E-state index in [2.05, 4.69) is 4.74 Å². The molecule has 0 aliphatic heterocycles. The third kappa shape index (κ3) is 1.81. The zero-order chi connectivity index (χ0) is 11.7. The Labute approximate surface area is 88.0 Å². The van der Waals surface area contributed by atoms with Gasteiger partial charge in [-0.25, -0.2) is 4.79 Å². The fourth-order valence-electron chi connectivity index (χ4n) is 1.36. The van der Waals surface area contributed by atoms with Crippen molar-refractivity contribution in [1.29, 1.82) is 0 Å². The molecule has 84 valence electrons. The smallest absolute Gasteiger partial charge is 0.387 e. The minimum absolute atomic E-state index is 0.168. The lowest BCUT2D eigenvalue weighted by Gasteiger charge is -2.06. The molecular formula is C10H6F2O4. The number of aromatic carboxylic acids is 1. The molecule has 0 unspecified atom stereocenters. The molecule has 2 rings (SSSR count). The Morgan fingerprint density at radius 2 is 2.19 bits per heavy atom. The highest BCUT2D eigenvalue weighted by Crippen LogP contribution is 2.29. The highest BCUT2D eigenvalue weighted by molar-refractivity contribution is 5.95. The average Bonchev–Trinajstić information content (AvgIpc) is 2.64. The van der Waals surface area contributed by atoms with Gasteiger partial charge in [0.15, 0.2) is 0 Å². The zero-order valence-corrected chi connectivity index (χ0v) is 7.81. The van der Waals surface area contributed by atoms with Crippen molar-refractivity contribution in [2.24, 2.45) is 0 Å². The molecule has 0 saturated carbocycles. The summed E-state index contributed by atoms with van der Waals surface area (Å²) in [5.74, 6) is -1.45. The molecule has 0 aliphatic rings. The highest BCUT2D eigenvalue weighted by atomic mass is 19.3. The van der Waals surface area contributed by atoms with Crippen LogP contribution in [0.1, 0.15) is 10.4 Å². The summed E-state index contributed by atoms with van der Waals surface area (Å²) < 4.78 is 33.3. The van der Waals surface area contributed by atoms with E-state index in [1.165, 1.54) is 18.4 Å². The number of ether oxygens (including phenoxy) is 1. The predicted molar refractivity (Wildman–Crippen MR) is 49.8 cm³/mol. The predicted octanol–water partition coefficient (Wildman–Crippen LogP) is 2.73. The number of carboxylic acid groups (broad SMARTS) is 1. The zero-order valence-electron chi connectivity index (χ0n) is 7.81. The summed E-state index contributed by atoms with van der Waals surface area (Å²) in [6.45, 7) is -3.01. The molecule has 2 aromatic rings. The molecule has 6 heteroatoms. The number of carboxylic acids is 1. The second kappa shape index (κ2) is 3.80. The van der Waals surface area contributed by atoms with Crippen molar-refractivity contribution in [3.63, 3.8) is 0 Å². The van der Waals surface area contributed by atoms with Crippen molar-refractivity contribution in [2.45, 2.75) is 6.61 Å². The minimum atomic E-state index is -3.01. The maximum atomic E-state index is 12.1. The normalized spacial score (nSPS) is 10.9. The van der Waals surface area contributed by atoms with Crippen molar-refractivity contribution in [3.05, 3.63) is 30.0 Å². The SMILES string of the molecule is O=C(O)c1cc(OC(F)F)c2ccoc2c1. The van der Waals surface area contributed by atoms with Crippen LogP contribution in [0.2, 0.25) is 0 Å². The summed E-state index contributed by atoms with van der Waals surface area (Å²) in [6, 6.07) is 3.71. The first-order chi connectivity index (χ1) is 7.58. The Morgan fingerprint density at radius 1 is 1.44 bits per heavy atom. The molecule has 1 N–H and O–H groups in total. The van der Waals surface area contributed by atoms with E-state index in [0.29, 0.717) is 5.39 Å². The Hall–Kier alpha value is -2.11. The quantitative estimate of drug-likeness (QED) is 0.877. The van der Waals surface area contributed by atoms with Crippen molar-refractivity contribution < 1.29 is 27.8 Å². The van der Waals surface area contributed by atoms with Crippen LogP contribution in [0.3, 0.4) is 0 Å². The van der Waals surface area contributed by atoms with E-state index < -0.39 is 12.6 Å². The van der Waals surface area contributed by atoms with E-state index in [9.17, 15) is 13.6 Å². The fourth-order valence-corrected chi connectivity index (χ4v) is 1.36. The van der Waals surface area contributed by atoms with E-state index in [1.807, 2.05) is 0 Å². The van der Waals surface area contributed by atoms with Crippen molar-refractivity contribution in [3.8, 4) is 5.75 Å². The van der Waals surface area contributed by atoms with Gasteiger partial charge >= 0.3 is 12.6 Å². The van der Waals surface area contributed by atoms with Crippen LogP contribution in [0.15, 0.2) is 28.9 Å². The third-order valence-electron chi connectivity index (χ3n) is 2.00. The summed E-state index contributed by atoms with van der Waals surface area (Å²) in [5, 5.41) is 9.07. The van der Waals surface area contributed by atoms with Gasteiger partial charge in [-0.05, 0) is 18.2 Å². The van der Waals surface area contributed by atoms with Gasteiger partial charge in [0.1, 0.15) is 11.3 Å². The average molecular weight is 228 g/mol. The molecule has 0 amide bonds. The Kier molecular flexibility index (Phi) is 2.47. The first-order valence-corrected chi connectivity index (χ1v) is 4.27. The maximum absolute atomic E-state index is 12.1. The standard InChI is InChI=1S/C10H6F2O4/c11-10(12)16-8-4-5(9(13)14)3-7-6(8)1-2-15-7/h1-4,10H,(H,13,14). The number of hydrogen-bond acceptors (Lipinski definition) is 3. The Morgan fingerprint density at radius 3 is 2.81 bits per heavy atom. The van der Waals surface area contributed by atoms with Crippen molar-refractivity contribution in [2.75, 3.05) is 0 Å². The molecule has 0 saturated heterocycles. The number of furan rings is 1.